The fourth-order valence-corrected chi connectivity index (χ4v) is 3.68. The number of thiophene rings is 1. The molecule has 5 heteroatoms. The van der Waals surface area contributed by atoms with E-state index in [2.05, 4.69) is 4.98 Å². The minimum absolute atomic E-state index is 0.281. The number of benzene rings is 2. The number of nitrogens with zero attached hydrogens (tertiary/aromatic N) is 2. The van der Waals surface area contributed by atoms with Gasteiger partial charge in [-0.15, -0.1) is 11.3 Å². The summed E-state index contributed by atoms with van der Waals surface area (Å²) in [6, 6.07) is 15.1. The van der Waals surface area contributed by atoms with Crippen LogP contribution in [0.15, 0.2) is 54.6 Å². The Balaban J connectivity index is 1.91. The van der Waals surface area contributed by atoms with Crippen molar-refractivity contribution in [2.75, 3.05) is 0 Å². The Morgan fingerprint density at radius 2 is 1.83 bits per heavy atom. The Bertz CT molecular complexity index is 1030. The Morgan fingerprint density at radius 1 is 1.00 bits per heavy atom. The van der Waals surface area contributed by atoms with Crippen molar-refractivity contribution in [3.05, 3.63) is 76.7 Å². The molecule has 0 fully saturated rings. The normalized spacial score (nSPS) is 11.3. The summed E-state index contributed by atoms with van der Waals surface area (Å²) in [6.45, 7) is 2.47. The maximum atomic E-state index is 13.7. The van der Waals surface area contributed by atoms with Gasteiger partial charge in [0, 0.05) is 11.4 Å². The highest BCUT2D eigenvalue weighted by Gasteiger charge is 2.15. The van der Waals surface area contributed by atoms with Gasteiger partial charge in [-0.3, -0.25) is 0 Å². The van der Waals surface area contributed by atoms with Crippen LogP contribution in [0.4, 0.5) is 8.78 Å². The van der Waals surface area contributed by atoms with Crippen molar-refractivity contribution in [3.8, 4) is 10.7 Å². The summed E-state index contributed by atoms with van der Waals surface area (Å²) < 4.78 is 29.2. The van der Waals surface area contributed by atoms with Gasteiger partial charge in [0.2, 0.25) is 0 Å². The van der Waals surface area contributed by atoms with Gasteiger partial charge < -0.3 is 4.57 Å². The van der Waals surface area contributed by atoms with E-state index in [-0.39, 0.29) is 11.6 Å². The molecule has 0 N–H and O–H groups in total. The molecular weight excluding hydrogens is 326 g/mol. The monoisotopic (exact) mass is 340 g/mol. The molecule has 2 aromatic carbocycles. The minimum Gasteiger partial charge on any atom is -0.319 e. The number of aryl methyl sites for hydroxylation is 1. The van der Waals surface area contributed by atoms with Crippen LogP contribution < -0.4 is 0 Å². The summed E-state index contributed by atoms with van der Waals surface area (Å²) in [6.07, 6.45) is 0. The van der Waals surface area contributed by atoms with Crippen molar-refractivity contribution in [1.82, 2.24) is 9.55 Å². The first-order chi connectivity index (χ1) is 11.6. The molecule has 0 bridgehead atoms. The van der Waals surface area contributed by atoms with Crippen LogP contribution in [-0.2, 0) is 6.54 Å². The van der Waals surface area contributed by atoms with E-state index in [4.69, 9.17) is 0 Å². The molecule has 0 amide bonds. The zero-order valence-corrected chi connectivity index (χ0v) is 13.8. The van der Waals surface area contributed by atoms with Crippen LogP contribution in [0.5, 0.6) is 0 Å². The first kappa shape index (κ1) is 15.0. The first-order valence-corrected chi connectivity index (χ1v) is 8.39. The summed E-state index contributed by atoms with van der Waals surface area (Å²) in [5.41, 5.74) is 2.25. The third kappa shape index (κ3) is 2.71. The highest BCUT2D eigenvalue weighted by molar-refractivity contribution is 7.15. The summed E-state index contributed by atoms with van der Waals surface area (Å²) >= 11 is 1.64. The molecule has 0 unspecified atom stereocenters. The molecule has 0 aliphatic rings. The SMILES string of the molecule is Cc1ccc(-c2nc3ccc(F)cc3n2Cc2cccc(F)c2)s1. The van der Waals surface area contributed by atoms with E-state index in [9.17, 15) is 8.78 Å². The summed E-state index contributed by atoms with van der Waals surface area (Å²) in [7, 11) is 0. The lowest BCUT2D eigenvalue weighted by molar-refractivity contribution is 0.623. The fourth-order valence-electron chi connectivity index (χ4n) is 2.82. The molecule has 2 aromatic heterocycles. The third-order valence-electron chi connectivity index (χ3n) is 3.90. The van der Waals surface area contributed by atoms with E-state index < -0.39 is 0 Å². The van der Waals surface area contributed by atoms with E-state index in [1.807, 2.05) is 29.7 Å². The van der Waals surface area contributed by atoms with Gasteiger partial charge in [-0.1, -0.05) is 12.1 Å². The molecule has 0 atom stereocenters. The number of aromatic nitrogens is 2. The van der Waals surface area contributed by atoms with Gasteiger partial charge >= 0.3 is 0 Å². The van der Waals surface area contributed by atoms with Crippen molar-refractivity contribution in [1.29, 1.82) is 0 Å². The molecule has 0 aliphatic heterocycles. The number of imidazole rings is 1. The number of halogens is 2. The van der Waals surface area contributed by atoms with Crippen LogP contribution in [0.2, 0.25) is 0 Å². The van der Waals surface area contributed by atoms with Crippen molar-refractivity contribution in [3.63, 3.8) is 0 Å². The molecule has 0 aliphatic carbocycles. The Kier molecular flexibility index (Phi) is 3.65. The van der Waals surface area contributed by atoms with Crippen LogP contribution >= 0.6 is 11.3 Å². The second-order valence-electron chi connectivity index (χ2n) is 5.69. The Labute approximate surface area is 142 Å². The van der Waals surface area contributed by atoms with E-state index in [1.165, 1.54) is 29.1 Å². The van der Waals surface area contributed by atoms with Gasteiger partial charge in [0.1, 0.15) is 11.6 Å². The van der Waals surface area contributed by atoms with Gasteiger partial charge in [0.05, 0.1) is 15.9 Å². The molecule has 120 valence electrons. The molecule has 2 heterocycles. The highest BCUT2D eigenvalue weighted by Crippen LogP contribution is 2.31. The van der Waals surface area contributed by atoms with Crippen LogP contribution in [0.3, 0.4) is 0 Å². The van der Waals surface area contributed by atoms with E-state index in [0.717, 1.165) is 21.8 Å². The first-order valence-electron chi connectivity index (χ1n) is 7.57. The topological polar surface area (TPSA) is 17.8 Å². The molecular formula is C19H14F2N2S. The largest absolute Gasteiger partial charge is 0.319 e. The lowest BCUT2D eigenvalue weighted by Gasteiger charge is -2.09. The predicted octanol–water partition coefficient (Wildman–Crippen LogP) is 5.40. The second-order valence-corrected chi connectivity index (χ2v) is 6.98. The average molecular weight is 340 g/mol. The summed E-state index contributed by atoms with van der Waals surface area (Å²) in [5.74, 6) is 0.186. The quantitative estimate of drug-likeness (QED) is 0.488. The van der Waals surface area contributed by atoms with Crippen LogP contribution in [0, 0.1) is 18.6 Å². The standard InChI is InChI=1S/C19H14F2N2S/c1-12-5-8-18(24-12)19-22-16-7-6-15(21)10-17(16)23(19)11-13-3-2-4-14(20)9-13/h2-10H,11H2,1H3. The zero-order valence-electron chi connectivity index (χ0n) is 13.0. The van der Waals surface area contributed by atoms with Crippen molar-refractivity contribution >= 4 is 22.4 Å². The maximum absolute atomic E-state index is 13.7. The summed E-state index contributed by atoms with van der Waals surface area (Å²) in [5, 5.41) is 0. The number of hydrogen-bond acceptors (Lipinski definition) is 2. The maximum Gasteiger partial charge on any atom is 0.151 e. The molecule has 0 saturated heterocycles. The van der Waals surface area contributed by atoms with Gasteiger partial charge in [-0.2, -0.15) is 0 Å². The van der Waals surface area contributed by atoms with Gasteiger partial charge in [0.25, 0.3) is 0 Å². The predicted molar refractivity (Wildman–Crippen MR) is 93.2 cm³/mol. The average Bonchev–Trinajstić information content (AvgIpc) is 3.12. The van der Waals surface area contributed by atoms with Crippen molar-refractivity contribution < 1.29 is 8.78 Å². The minimum atomic E-state index is -0.309. The fraction of sp³-hybridized carbons (Fsp3) is 0.105. The van der Waals surface area contributed by atoms with Crippen molar-refractivity contribution in [2.45, 2.75) is 13.5 Å². The van der Waals surface area contributed by atoms with Gasteiger partial charge in [-0.25, -0.2) is 13.8 Å². The molecule has 2 nitrogen and oxygen atoms in total. The second kappa shape index (κ2) is 5.83. The number of hydrogen-bond donors (Lipinski definition) is 0. The zero-order chi connectivity index (χ0) is 16.7. The number of rotatable bonds is 3. The van der Waals surface area contributed by atoms with E-state index >= 15 is 0 Å². The molecule has 0 radical (unpaired) electrons. The Hall–Kier alpha value is -2.53. The summed E-state index contributed by atoms with van der Waals surface area (Å²) in [4.78, 5) is 6.86. The lowest BCUT2D eigenvalue weighted by atomic mass is 10.2. The molecule has 4 aromatic rings. The van der Waals surface area contributed by atoms with Gasteiger partial charge in [0.15, 0.2) is 5.82 Å². The number of fused-ring (bicyclic) bond motifs is 1. The molecule has 4 rings (SSSR count). The van der Waals surface area contributed by atoms with Crippen LogP contribution in [0.1, 0.15) is 10.4 Å². The van der Waals surface area contributed by atoms with E-state index in [0.29, 0.717) is 12.1 Å². The smallest absolute Gasteiger partial charge is 0.151 e. The lowest BCUT2D eigenvalue weighted by Crippen LogP contribution is -2.02. The third-order valence-corrected chi connectivity index (χ3v) is 4.90. The Morgan fingerprint density at radius 3 is 2.58 bits per heavy atom. The van der Waals surface area contributed by atoms with Crippen molar-refractivity contribution in [2.24, 2.45) is 0 Å². The van der Waals surface area contributed by atoms with E-state index in [1.54, 1.807) is 23.5 Å². The van der Waals surface area contributed by atoms with Crippen LogP contribution in [0.25, 0.3) is 21.7 Å². The molecule has 0 saturated carbocycles. The molecule has 24 heavy (non-hydrogen) atoms. The van der Waals surface area contributed by atoms with Gasteiger partial charge in [-0.05, 0) is 55.0 Å². The molecule has 0 spiro atoms. The highest BCUT2D eigenvalue weighted by atomic mass is 32.1. The van der Waals surface area contributed by atoms with Crippen LogP contribution in [-0.4, -0.2) is 9.55 Å².